The number of aromatic carboxylic acids is 1. The van der Waals surface area contributed by atoms with Crippen LogP contribution in [0.25, 0.3) is 22.0 Å². The molecule has 0 aliphatic carbocycles. The molecule has 2 aromatic heterocycles. The van der Waals surface area contributed by atoms with Gasteiger partial charge in [-0.05, 0) is 29.3 Å². The highest BCUT2D eigenvalue weighted by molar-refractivity contribution is 6.02. The van der Waals surface area contributed by atoms with Crippen molar-refractivity contribution in [2.75, 3.05) is 0 Å². The summed E-state index contributed by atoms with van der Waals surface area (Å²) in [6, 6.07) is 9.45. The Kier molecular flexibility index (Phi) is 2.34. The summed E-state index contributed by atoms with van der Waals surface area (Å²) >= 11 is 0. The number of pyridine rings is 1. The Balaban J connectivity index is 2.33. The fourth-order valence-electron chi connectivity index (χ4n) is 2.12. The van der Waals surface area contributed by atoms with Crippen molar-refractivity contribution in [1.29, 1.82) is 0 Å². The largest absolute Gasteiger partial charge is 0.478 e. The van der Waals surface area contributed by atoms with Crippen molar-refractivity contribution in [3.05, 3.63) is 54.5 Å². The van der Waals surface area contributed by atoms with Crippen LogP contribution in [0.15, 0.2) is 48.9 Å². The summed E-state index contributed by atoms with van der Waals surface area (Å²) in [6.45, 7) is 0. The zero-order chi connectivity index (χ0) is 12.5. The number of H-pyrrole nitrogens is 1. The van der Waals surface area contributed by atoms with E-state index in [1.165, 1.54) is 6.20 Å². The number of nitrogens with one attached hydrogen (secondary N) is 1. The van der Waals surface area contributed by atoms with Crippen LogP contribution in [0.1, 0.15) is 10.4 Å². The molecule has 0 aliphatic rings. The minimum atomic E-state index is -0.967. The number of aromatic amines is 1. The van der Waals surface area contributed by atoms with Crippen LogP contribution in [0.3, 0.4) is 0 Å². The van der Waals surface area contributed by atoms with E-state index in [9.17, 15) is 9.90 Å². The van der Waals surface area contributed by atoms with Crippen LogP contribution in [-0.2, 0) is 0 Å². The van der Waals surface area contributed by atoms with Gasteiger partial charge in [0.15, 0.2) is 0 Å². The second-order valence-corrected chi connectivity index (χ2v) is 3.97. The summed E-state index contributed by atoms with van der Waals surface area (Å²) in [5.41, 5.74) is 2.78. The monoisotopic (exact) mass is 238 g/mol. The van der Waals surface area contributed by atoms with Gasteiger partial charge in [-0.2, -0.15) is 0 Å². The van der Waals surface area contributed by atoms with Crippen molar-refractivity contribution in [3.8, 4) is 11.1 Å². The number of aromatic nitrogens is 2. The average Bonchev–Trinajstić information content (AvgIpc) is 2.86. The van der Waals surface area contributed by atoms with Crippen molar-refractivity contribution in [2.45, 2.75) is 0 Å². The molecule has 2 heterocycles. The fourth-order valence-corrected chi connectivity index (χ4v) is 2.12. The highest BCUT2D eigenvalue weighted by Gasteiger charge is 2.13. The van der Waals surface area contributed by atoms with Gasteiger partial charge in [0, 0.05) is 29.5 Å². The van der Waals surface area contributed by atoms with Gasteiger partial charge in [0.05, 0.1) is 5.56 Å². The number of hydrogen-bond acceptors (Lipinski definition) is 2. The molecule has 0 saturated carbocycles. The van der Waals surface area contributed by atoms with Gasteiger partial charge in [-0.1, -0.05) is 12.1 Å². The molecule has 0 bridgehead atoms. The Hall–Kier alpha value is -2.62. The summed E-state index contributed by atoms with van der Waals surface area (Å²) in [5, 5.41) is 10.2. The molecule has 0 saturated heterocycles. The van der Waals surface area contributed by atoms with Gasteiger partial charge in [0.1, 0.15) is 0 Å². The predicted octanol–water partition coefficient (Wildman–Crippen LogP) is 2.93. The summed E-state index contributed by atoms with van der Waals surface area (Å²) in [6.07, 6.45) is 4.83. The first-order valence-electron chi connectivity index (χ1n) is 5.51. The van der Waals surface area contributed by atoms with Gasteiger partial charge in [-0.3, -0.25) is 4.98 Å². The van der Waals surface area contributed by atoms with Crippen molar-refractivity contribution < 1.29 is 9.90 Å². The highest BCUT2D eigenvalue weighted by atomic mass is 16.4. The highest BCUT2D eigenvalue weighted by Crippen LogP contribution is 2.30. The van der Waals surface area contributed by atoms with Crippen LogP contribution in [0, 0.1) is 0 Å². The quantitative estimate of drug-likeness (QED) is 0.721. The first-order chi connectivity index (χ1) is 8.77. The molecule has 3 rings (SSSR count). The Morgan fingerprint density at radius 1 is 1.17 bits per heavy atom. The van der Waals surface area contributed by atoms with Crippen LogP contribution in [0.4, 0.5) is 0 Å². The van der Waals surface area contributed by atoms with Crippen LogP contribution >= 0.6 is 0 Å². The molecule has 0 fully saturated rings. The number of carboxylic acids is 1. The Morgan fingerprint density at radius 2 is 2.06 bits per heavy atom. The van der Waals surface area contributed by atoms with E-state index < -0.39 is 5.97 Å². The molecule has 88 valence electrons. The van der Waals surface area contributed by atoms with E-state index in [-0.39, 0.29) is 5.56 Å². The molecule has 4 nitrogen and oxygen atoms in total. The van der Waals surface area contributed by atoms with Crippen LogP contribution in [0.2, 0.25) is 0 Å². The number of rotatable bonds is 2. The summed E-state index contributed by atoms with van der Waals surface area (Å²) in [7, 11) is 0. The summed E-state index contributed by atoms with van der Waals surface area (Å²) < 4.78 is 0. The van der Waals surface area contributed by atoms with Crippen molar-refractivity contribution in [1.82, 2.24) is 9.97 Å². The van der Waals surface area contributed by atoms with Crippen LogP contribution in [0.5, 0.6) is 0 Å². The molecule has 0 unspecified atom stereocenters. The number of benzene rings is 1. The molecule has 4 heteroatoms. The minimum Gasteiger partial charge on any atom is -0.478 e. The summed E-state index contributed by atoms with van der Waals surface area (Å²) in [4.78, 5) is 18.2. The Morgan fingerprint density at radius 3 is 2.89 bits per heavy atom. The lowest BCUT2D eigenvalue weighted by molar-refractivity contribution is 0.0697. The third-order valence-corrected chi connectivity index (χ3v) is 2.94. The number of hydrogen-bond donors (Lipinski definition) is 2. The maximum atomic E-state index is 11.2. The molecule has 3 aromatic rings. The van der Waals surface area contributed by atoms with Crippen LogP contribution in [-0.4, -0.2) is 21.0 Å². The van der Waals surface area contributed by atoms with Gasteiger partial charge in [0.2, 0.25) is 0 Å². The number of nitrogens with zero attached hydrogens (tertiary/aromatic N) is 1. The Labute approximate surface area is 103 Å². The SMILES string of the molecule is O=C(O)c1cnccc1-c1cccc2[nH]ccc12. The van der Waals surface area contributed by atoms with Gasteiger partial charge >= 0.3 is 5.97 Å². The molecule has 2 N–H and O–H groups in total. The first-order valence-corrected chi connectivity index (χ1v) is 5.51. The average molecular weight is 238 g/mol. The maximum Gasteiger partial charge on any atom is 0.337 e. The normalized spacial score (nSPS) is 10.7. The zero-order valence-electron chi connectivity index (χ0n) is 9.42. The van der Waals surface area contributed by atoms with E-state index in [2.05, 4.69) is 9.97 Å². The Bertz CT molecular complexity index is 731. The van der Waals surface area contributed by atoms with E-state index in [1.807, 2.05) is 30.5 Å². The second kappa shape index (κ2) is 4.00. The first kappa shape index (κ1) is 10.5. The predicted molar refractivity (Wildman–Crippen MR) is 68.5 cm³/mol. The van der Waals surface area contributed by atoms with Crippen molar-refractivity contribution in [3.63, 3.8) is 0 Å². The topological polar surface area (TPSA) is 66.0 Å². The standard InChI is InChI=1S/C14H10N2O2/c17-14(18)12-8-15-6-4-10(12)9-2-1-3-13-11(9)5-7-16-13/h1-8,16H,(H,17,18). The van der Waals surface area contributed by atoms with Gasteiger partial charge in [0.25, 0.3) is 0 Å². The molecule has 0 spiro atoms. The second-order valence-electron chi connectivity index (χ2n) is 3.97. The van der Waals surface area contributed by atoms with Crippen molar-refractivity contribution in [2.24, 2.45) is 0 Å². The van der Waals surface area contributed by atoms with Crippen molar-refractivity contribution >= 4 is 16.9 Å². The lowest BCUT2D eigenvalue weighted by atomic mass is 9.99. The van der Waals surface area contributed by atoms with Gasteiger partial charge in [-0.25, -0.2) is 4.79 Å². The van der Waals surface area contributed by atoms with Gasteiger partial charge in [-0.15, -0.1) is 0 Å². The number of fused-ring (bicyclic) bond motifs is 1. The molecular formula is C14H10N2O2. The van der Waals surface area contributed by atoms with E-state index in [0.717, 1.165) is 16.5 Å². The molecule has 18 heavy (non-hydrogen) atoms. The van der Waals surface area contributed by atoms with E-state index in [4.69, 9.17) is 0 Å². The molecule has 1 aromatic carbocycles. The molecule has 0 atom stereocenters. The minimum absolute atomic E-state index is 0.214. The van der Waals surface area contributed by atoms with E-state index in [1.54, 1.807) is 12.3 Å². The molecule has 0 radical (unpaired) electrons. The summed E-state index contributed by atoms with van der Waals surface area (Å²) in [5.74, 6) is -0.967. The lowest BCUT2D eigenvalue weighted by Gasteiger charge is -2.06. The maximum absolute atomic E-state index is 11.2. The van der Waals surface area contributed by atoms with E-state index >= 15 is 0 Å². The van der Waals surface area contributed by atoms with Crippen LogP contribution < -0.4 is 0 Å². The fraction of sp³-hybridized carbons (Fsp3) is 0. The molecular weight excluding hydrogens is 228 g/mol. The zero-order valence-corrected chi connectivity index (χ0v) is 9.42. The third kappa shape index (κ3) is 1.55. The third-order valence-electron chi connectivity index (χ3n) is 2.94. The van der Waals surface area contributed by atoms with E-state index in [0.29, 0.717) is 5.56 Å². The van der Waals surface area contributed by atoms with Gasteiger partial charge < -0.3 is 10.1 Å². The number of carboxylic acid groups (broad SMARTS) is 1. The smallest absolute Gasteiger partial charge is 0.337 e. The lowest BCUT2D eigenvalue weighted by Crippen LogP contribution is -2.00. The molecule has 0 aliphatic heterocycles. The molecule has 0 amide bonds. The number of carbonyl (C=O) groups is 1.